The van der Waals surface area contributed by atoms with Gasteiger partial charge in [0.05, 0.1) is 37.7 Å². The van der Waals surface area contributed by atoms with Gasteiger partial charge in [0.15, 0.2) is 0 Å². The van der Waals surface area contributed by atoms with Crippen LogP contribution in [0.1, 0.15) is 24.2 Å². The number of hydrogen-bond acceptors (Lipinski definition) is 5. The number of carbonyl (C=O) groups is 1. The maximum Gasteiger partial charge on any atom is 0.256 e. The Hall–Kier alpha value is -1.95. The molecule has 1 aliphatic heterocycles. The number of morpholine rings is 1. The van der Waals surface area contributed by atoms with Gasteiger partial charge in [0, 0.05) is 19.2 Å². The molecule has 1 aromatic rings. The van der Waals surface area contributed by atoms with E-state index in [4.69, 9.17) is 19.9 Å². The molecule has 1 heterocycles. The van der Waals surface area contributed by atoms with Gasteiger partial charge >= 0.3 is 0 Å². The zero-order valence-electron chi connectivity index (χ0n) is 12.9. The van der Waals surface area contributed by atoms with Gasteiger partial charge in [-0.3, -0.25) is 4.79 Å². The predicted octanol–water partition coefficient (Wildman–Crippen LogP) is 1.54. The van der Waals surface area contributed by atoms with Crippen LogP contribution in [0, 0.1) is 0 Å². The number of benzene rings is 1. The van der Waals surface area contributed by atoms with E-state index < -0.39 is 0 Å². The molecule has 1 aromatic carbocycles. The van der Waals surface area contributed by atoms with Gasteiger partial charge in [-0.25, -0.2) is 0 Å². The summed E-state index contributed by atoms with van der Waals surface area (Å²) in [6.45, 7) is 5.50. The Bertz CT molecular complexity index is 543. The maximum absolute atomic E-state index is 12.7. The second kappa shape index (κ2) is 5.81. The number of rotatable bonds is 3. The normalized spacial score (nSPS) is 17.4. The molecule has 116 valence electrons. The third kappa shape index (κ3) is 3.21. The van der Waals surface area contributed by atoms with Crippen molar-refractivity contribution < 1.29 is 19.0 Å². The number of anilines is 1. The molecule has 0 bridgehead atoms. The van der Waals surface area contributed by atoms with E-state index in [0.29, 0.717) is 42.4 Å². The third-order valence-electron chi connectivity index (χ3n) is 3.51. The number of ether oxygens (including phenoxy) is 3. The van der Waals surface area contributed by atoms with E-state index in [2.05, 4.69) is 0 Å². The average Bonchev–Trinajstić information content (AvgIpc) is 2.45. The molecule has 2 rings (SSSR count). The maximum atomic E-state index is 12.7. The first kappa shape index (κ1) is 15.4. The summed E-state index contributed by atoms with van der Waals surface area (Å²) in [4.78, 5) is 14.5. The van der Waals surface area contributed by atoms with Crippen LogP contribution in [0.4, 0.5) is 5.69 Å². The highest BCUT2D eigenvalue weighted by Gasteiger charge is 2.31. The molecular weight excluding hydrogens is 272 g/mol. The van der Waals surface area contributed by atoms with Crippen LogP contribution in [0.5, 0.6) is 11.5 Å². The van der Waals surface area contributed by atoms with Crippen LogP contribution < -0.4 is 15.2 Å². The van der Waals surface area contributed by atoms with E-state index in [9.17, 15) is 4.79 Å². The van der Waals surface area contributed by atoms with Gasteiger partial charge in [0.25, 0.3) is 5.91 Å². The number of methoxy groups -OCH3 is 2. The number of hydrogen-bond donors (Lipinski definition) is 1. The van der Waals surface area contributed by atoms with Crippen molar-refractivity contribution in [1.82, 2.24) is 4.90 Å². The average molecular weight is 294 g/mol. The Kier molecular flexibility index (Phi) is 4.27. The molecule has 1 fully saturated rings. The van der Waals surface area contributed by atoms with E-state index in [1.54, 1.807) is 17.0 Å². The van der Waals surface area contributed by atoms with Gasteiger partial charge in [-0.05, 0) is 19.9 Å². The zero-order chi connectivity index (χ0) is 15.6. The minimum atomic E-state index is -0.356. The lowest BCUT2D eigenvalue weighted by Crippen LogP contribution is -2.50. The van der Waals surface area contributed by atoms with Crippen molar-refractivity contribution in [2.24, 2.45) is 0 Å². The van der Waals surface area contributed by atoms with Crippen LogP contribution in [0.25, 0.3) is 0 Å². The summed E-state index contributed by atoms with van der Waals surface area (Å²) in [6.07, 6.45) is 0. The van der Waals surface area contributed by atoms with Crippen molar-refractivity contribution in [1.29, 1.82) is 0 Å². The van der Waals surface area contributed by atoms with E-state index >= 15 is 0 Å². The Balaban J connectivity index is 2.34. The van der Waals surface area contributed by atoms with Crippen LogP contribution in [-0.2, 0) is 4.74 Å². The Labute approximate surface area is 124 Å². The number of amides is 1. The summed E-state index contributed by atoms with van der Waals surface area (Å²) < 4.78 is 16.0. The van der Waals surface area contributed by atoms with Crippen molar-refractivity contribution in [3.63, 3.8) is 0 Å². The molecule has 6 heteroatoms. The largest absolute Gasteiger partial charge is 0.497 e. The third-order valence-corrected chi connectivity index (χ3v) is 3.51. The van der Waals surface area contributed by atoms with Crippen LogP contribution in [0.15, 0.2) is 12.1 Å². The lowest BCUT2D eigenvalue weighted by atomic mass is 10.0. The fraction of sp³-hybridized carbons (Fsp3) is 0.533. The minimum absolute atomic E-state index is 0.138. The lowest BCUT2D eigenvalue weighted by molar-refractivity contribution is -0.0763. The summed E-state index contributed by atoms with van der Waals surface area (Å²) in [6, 6.07) is 3.30. The summed E-state index contributed by atoms with van der Waals surface area (Å²) in [5, 5.41) is 0. The number of carbonyl (C=O) groups excluding carboxylic acids is 1. The quantitative estimate of drug-likeness (QED) is 0.856. The Morgan fingerprint density at radius 3 is 2.62 bits per heavy atom. The molecule has 21 heavy (non-hydrogen) atoms. The molecule has 1 amide bonds. The van der Waals surface area contributed by atoms with Gasteiger partial charge in [-0.15, -0.1) is 0 Å². The fourth-order valence-electron chi connectivity index (χ4n) is 2.43. The first-order valence-electron chi connectivity index (χ1n) is 6.82. The van der Waals surface area contributed by atoms with Crippen molar-refractivity contribution >= 4 is 11.6 Å². The second-order valence-corrected chi connectivity index (χ2v) is 5.63. The summed E-state index contributed by atoms with van der Waals surface area (Å²) >= 11 is 0. The summed E-state index contributed by atoms with van der Waals surface area (Å²) in [5.74, 6) is 0.836. The van der Waals surface area contributed by atoms with Gasteiger partial charge < -0.3 is 24.8 Å². The first-order chi connectivity index (χ1) is 9.88. The van der Waals surface area contributed by atoms with Gasteiger partial charge in [-0.1, -0.05) is 0 Å². The molecule has 1 saturated heterocycles. The van der Waals surface area contributed by atoms with Crippen molar-refractivity contribution in [3.05, 3.63) is 17.7 Å². The van der Waals surface area contributed by atoms with Crippen LogP contribution >= 0.6 is 0 Å². The highest BCUT2D eigenvalue weighted by Crippen LogP contribution is 2.32. The molecule has 0 aliphatic carbocycles. The van der Waals surface area contributed by atoms with Crippen LogP contribution in [0.3, 0.4) is 0 Å². The highest BCUT2D eigenvalue weighted by atomic mass is 16.5. The summed E-state index contributed by atoms with van der Waals surface area (Å²) in [5.41, 5.74) is 6.40. The zero-order valence-corrected chi connectivity index (χ0v) is 12.9. The smallest absolute Gasteiger partial charge is 0.256 e. The second-order valence-electron chi connectivity index (χ2n) is 5.63. The minimum Gasteiger partial charge on any atom is -0.497 e. The first-order valence-corrected chi connectivity index (χ1v) is 6.82. The standard InChI is InChI=1S/C15H22N2O4/c1-15(2)9-17(5-6-21-15)14(18)11-7-10(19-3)8-12(20-4)13(11)16/h7-8H,5-6,9,16H2,1-4H3. The van der Waals surface area contributed by atoms with Gasteiger partial charge in [0.2, 0.25) is 0 Å². The molecule has 2 N–H and O–H groups in total. The molecule has 6 nitrogen and oxygen atoms in total. The molecule has 0 saturated carbocycles. The highest BCUT2D eigenvalue weighted by molar-refractivity contribution is 6.01. The lowest BCUT2D eigenvalue weighted by Gasteiger charge is -2.38. The Morgan fingerprint density at radius 2 is 2.05 bits per heavy atom. The number of nitrogen functional groups attached to an aromatic ring is 1. The van der Waals surface area contributed by atoms with Crippen LogP contribution in [0.2, 0.25) is 0 Å². The molecule has 1 aliphatic rings. The van der Waals surface area contributed by atoms with Gasteiger partial charge in [-0.2, -0.15) is 0 Å². The van der Waals surface area contributed by atoms with Gasteiger partial charge in [0.1, 0.15) is 11.5 Å². The van der Waals surface area contributed by atoms with E-state index in [0.717, 1.165) is 0 Å². The number of nitrogens with zero attached hydrogens (tertiary/aromatic N) is 1. The van der Waals surface area contributed by atoms with Crippen molar-refractivity contribution in [2.45, 2.75) is 19.4 Å². The predicted molar refractivity (Wildman–Crippen MR) is 79.9 cm³/mol. The Morgan fingerprint density at radius 1 is 1.33 bits per heavy atom. The van der Waals surface area contributed by atoms with Crippen molar-refractivity contribution in [3.8, 4) is 11.5 Å². The number of nitrogens with two attached hydrogens (primary N) is 1. The molecule has 0 aromatic heterocycles. The molecule has 0 unspecified atom stereocenters. The molecule has 0 radical (unpaired) electrons. The van der Waals surface area contributed by atoms with E-state index in [-0.39, 0.29) is 11.5 Å². The monoisotopic (exact) mass is 294 g/mol. The molecule has 0 atom stereocenters. The van der Waals surface area contributed by atoms with E-state index in [1.165, 1.54) is 14.2 Å². The van der Waals surface area contributed by atoms with Crippen molar-refractivity contribution in [2.75, 3.05) is 39.6 Å². The topological polar surface area (TPSA) is 74.0 Å². The molecule has 0 spiro atoms. The SMILES string of the molecule is COc1cc(OC)c(N)c(C(=O)N2CCOC(C)(C)C2)c1. The summed E-state index contributed by atoms with van der Waals surface area (Å²) in [7, 11) is 3.05. The van der Waals surface area contributed by atoms with Crippen LogP contribution in [-0.4, -0.2) is 50.3 Å². The fourth-order valence-corrected chi connectivity index (χ4v) is 2.43. The van der Waals surface area contributed by atoms with E-state index in [1.807, 2.05) is 13.8 Å². The molecular formula is C15H22N2O4.